The van der Waals surface area contributed by atoms with E-state index in [0.717, 1.165) is 58.3 Å². The fourth-order valence-electron chi connectivity index (χ4n) is 8.62. The first-order chi connectivity index (χ1) is 17.4. The van der Waals surface area contributed by atoms with E-state index in [0.29, 0.717) is 5.69 Å². The summed E-state index contributed by atoms with van der Waals surface area (Å²) in [5, 5.41) is 0. The van der Waals surface area contributed by atoms with Crippen LogP contribution in [0.3, 0.4) is 0 Å². The highest BCUT2D eigenvalue weighted by molar-refractivity contribution is 7.99. The standard InChI is InChI=1S/C29H34F3N3S/c30-29(31,32)23-5-6-27-25(18-23)35(24-3-1-2-4-26(24)36-27)12-9-33-7-10-34(11-8-33)28-21-14-19-13-20(16-21)17-22(28)15-19/h1-6,18-22,28H,7-17H2/p+2. The molecule has 5 fully saturated rings. The molecule has 4 aliphatic carbocycles. The summed E-state index contributed by atoms with van der Waals surface area (Å²) in [6, 6.07) is 13.2. The van der Waals surface area contributed by atoms with Gasteiger partial charge in [0.05, 0.1) is 36.1 Å². The van der Waals surface area contributed by atoms with E-state index in [4.69, 9.17) is 0 Å². The number of fused-ring (bicyclic) bond motifs is 2. The van der Waals surface area contributed by atoms with Crippen LogP contribution in [0.2, 0.25) is 0 Å². The van der Waals surface area contributed by atoms with E-state index in [1.165, 1.54) is 70.4 Å². The van der Waals surface area contributed by atoms with Crippen LogP contribution < -0.4 is 14.7 Å². The van der Waals surface area contributed by atoms with Crippen molar-refractivity contribution < 1.29 is 23.0 Å². The zero-order chi connectivity index (χ0) is 24.4. The first-order valence-electron chi connectivity index (χ1n) is 13.9. The Bertz CT molecular complexity index is 1100. The predicted molar refractivity (Wildman–Crippen MR) is 136 cm³/mol. The molecule has 7 heteroatoms. The van der Waals surface area contributed by atoms with Gasteiger partial charge >= 0.3 is 6.18 Å². The van der Waals surface area contributed by atoms with Crippen LogP contribution in [0.1, 0.15) is 37.7 Å². The molecule has 4 saturated carbocycles. The van der Waals surface area contributed by atoms with Crippen molar-refractivity contribution in [3.63, 3.8) is 0 Å². The van der Waals surface area contributed by atoms with E-state index in [1.54, 1.807) is 22.7 Å². The minimum Gasteiger partial charge on any atom is -0.334 e. The van der Waals surface area contributed by atoms with Crippen LogP contribution >= 0.6 is 11.8 Å². The first-order valence-corrected chi connectivity index (χ1v) is 14.7. The molecule has 0 amide bonds. The van der Waals surface area contributed by atoms with Crippen LogP contribution in [0.25, 0.3) is 0 Å². The zero-order valence-electron chi connectivity index (χ0n) is 20.7. The number of hydrogen-bond donors (Lipinski definition) is 2. The number of halogens is 3. The van der Waals surface area contributed by atoms with E-state index in [1.807, 2.05) is 17.0 Å². The van der Waals surface area contributed by atoms with Gasteiger partial charge in [0.15, 0.2) is 0 Å². The lowest BCUT2D eigenvalue weighted by molar-refractivity contribution is -1.03. The Hall–Kier alpha value is -1.70. The molecule has 0 unspecified atom stereocenters. The van der Waals surface area contributed by atoms with Crippen molar-refractivity contribution in [2.75, 3.05) is 44.2 Å². The molecular formula is C29H36F3N3S+2. The largest absolute Gasteiger partial charge is 0.416 e. The van der Waals surface area contributed by atoms with Gasteiger partial charge in [-0.25, -0.2) is 0 Å². The summed E-state index contributed by atoms with van der Waals surface area (Å²) < 4.78 is 40.6. The van der Waals surface area contributed by atoms with Crippen LogP contribution in [-0.2, 0) is 6.18 Å². The fourth-order valence-corrected chi connectivity index (χ4v) is 9.69. The molecule has 192 valence electrons. The number of hydrogen-bond acceptors (Lipinski definition) is 2. The summed E-state index contributed by atoms with van der Waals surface area (Å²) in [6.45, 7) is 6.57. The zero-order valence-corrected chi connectivity index (χ0v) is 21.5. The van der Waals surface area contributed by atoms with Gasteiger partial charge in [0.1, 0.15) is 26.2 Å². The van der Waals surface area contributed by atoms with Gasteiger partial charge in [0.2, 0.25) is 0 Å². The average molecular weight is 516 g/mol. The number of piperazine rings is 1. The topological polar surface area (TPSA) is 12.1 Å². The monoisotopic (exact) mass is 515 g/mol. The van der Waals surface area contributed by atoms with Gasteiger partial charge in [0, 0.05) is 21.6 Å². The Morgan fingerprint density at radius 2 is 1.47 bits per heavy atom. The average Bonchev–Trinajstić information content (AvgIpc) is 2.86. The molecule has 0 spiro atoms. The van der Waals surface area contributed by atoms with E-state index in [2.05, 4.69) is 17.0 Å². The number of rotatable bonds is 4. The molecule has 36 heavy (non-hydrogen) atoms. The molecule has 8 rings (SSSR count). The lowest BCUT2D eigenvalue weighted by atomic mass is 9.54. The van der Waals surface area contributed by atoms with Crippen LogP contribution in [0.15, 0.2) is 52.3 Å². The second-order valence-corrected chi connectivity index (χ2v) is 13.1. The number of nitrogens with one attached hydrogen (secondary N) is 2. The minimum atomic E-state index is -4.33. The van der Waals surface area contributed by atoms with Gasteiger partial charge in [0.25, 0.3) is 0 Å². The lowest BCUT2D eigenvalue weighted by Crippen LogP contribution is -3.30. The highest BCUT2D eigenvalue weighted by Gasteiger charge is 2.52. The number of para-hydroxylation sites is 1. The minimum absolute atomic E-state index is 0.563. The van der Waals surface area contributed by atoms with Crippen molar-refractivity contribution in [1.29, 1.82) is 0 Å². The molecule has 4 bridgehead atoms. The number of quaternary nitrogens is 2. The third-order valence-corrected chi connectivity index (χ3v) is 11.1. The third-order valence-electron chi connectivity index (χ3n) is 9.94. The van der Waals surface area contributed by atoms with Crippen molar-refractivity contribution in [3.8, 4) is 0 Å². The quantitative estimate of drug-likeness (QED) is 0.641. The summed E-state index contributed by atoms with van der Waals surface area (Å²) in [4.78, 5) is 7.64. The summed E-state index contributed by atoms with van der Waals surface area (Å²) in [5.74, 6) is 4.00. The Labute approximate surface area is 216 Å². The lowest BCUT2D eigenvalue weighted by Gasteiger charge is -2.55. The first kappa shape index (κ1) is 23.4. The molecular weight excluding hydrogens is 479 g/mol. The van der Waals surface area contributed by atoms with E-state index >= 15 is 0 Å². The van der Waals surface area contributed by atoms with Gasteiger partial charge < -0.3 is 14.7 Å². The van der Waals surface area contributed by atoms with E-state index in [9.17, 15) is 13.2 Å². The molecule has 6 aliphatic rings. The van der Waals surface area contributed by atoms with Crippen molar-refractivity contribution in [2.24, 2.45) is 23.7 Å². The maximum atomic E-state index is 13.5. The van der Waals surface area contributed by atoms with Crippen LogP contribution in [0.5, 0.6) is 0 Å². The van der Waals surface area contributed by atoms with E-state index < -0.39 is 11.7 Å². The van der Waals surface area contributed by atoms with Gasteiger partial charge in [-0.05, 0) is 74.3 Å². The van der Waals surface area contributed by atoms with E-state index in [-0.39, 0.29) is 0 Å². The summed E-state index contributed by atoms with van der Waals surface area (Å²) >= 11 is 1.58. The van der Waals surface area contributed by atoms with Gasteiger partial charge in [-0.2, -0.15) is 13.2 Å². The Balaban J connectivity index is 1.04. The smallest absolute Gasteiger partial charge is 0.334 e. The Kier molecular flexibility index (Phi) is 5.82. The molecule has 3 nitrogen and oxygen atoms in total. The Morgan fingerprint density at radius 3 is 2.17 bits per heavy atom. The maximum Gasteiger partial charge on any atom is 0.416 e. The molecule has 0 aromatic heterocycles. The van der Waals surface area contributed by atoms with Gasteiger partial charge in [-0.1, -0.05) is 23.9 Å². The fraction of sp³-hybridized carbons (Fsp3) is 0.586. The highest BCUT2D eigenvalue weighted by atomic mass is 32.2. The van der Waals surface area contributed by atoms with Crippen molar-refractivity contribution in [2.45, 2.75) is 54.1 Å². The molecule has 0 atom stereocenters. The molecule has 2 aromatic carbocycles. The summed E-state index contributed by atoms with van der Waals surface area (Å²) in [7, 11) is 0. The molecule has 1 saturated heterocycles. The predicted octanol–water partition coefficient (Wildman–Crippen LogP) is 3.92. The third kappa shape index (κ3) is 4.15. The van der Waals surface area contributed by atoms with Crippen LogP contribution in [0, 0.1) is 23.7 Å². The molecule has 2 aliphatic heterocycles. The Morgan fingerprint density at radius 1 is 0.806 bits per heavy atom. The number of nitrogens with zero attached hydrogens (tertiary/aromatic N) is 1. The van der Waals surface area contributed by atoms with Crippen LogP contribution in [0.4, 0.5) is 24.5 Å². The number of alkyl halides is 3. The molecule has 2 N–H and O–H groups in total. The van der Waals surface area contributed by atoms with Crippen molar-refractivity contribution in [1.82, 2.24) is 0 Å². The maximum absolute atomic E-state index is 13.5. The number of anilines is 2. The van der Waals surface area contributed by atoms with Crippen LogP contribution in [-0.4, -0.2) is 45.3 Å². The van der Waals surface area contributed by atoms with Crippen molar-refractivity contribution >= 4 is 23.1 Å². The molecule has 2 aromatic rings. The molecule has 2 heterocycles. The summed E-state index contributed by atoms with van der Waals surface area (Å²) in [6.07, 6.45) is 3.14. The van der Waals surface area contributed by atoms with Gasteiger partial charge in [-0.15, -0.1) is 0 Å². The number of benzene rings is 2. The molecule has 0 radical (unpaired) electrons. The SMILES string of the molecule is FC(F)(F)c1ccc2c(c1)N(CC[NH+]1CC[NH+](C3C4CC5CC(C4)CC3C5)CC1)c1ccccc1S2. The normalized spacial score (nSPS) is 35.0. The van der Waals surface area contributed by atoms with Gasteiger partial charge in [-0.3, -0.25) is 0 Å². The second kappa shape index (κ2) is 8.95. The second-order valence-electron chi connectivity index (χ2n) is 12.0. The highest BCUT2D eigenvalue weighted by Crippen LogP contribution is 2.53. The summed E-state index contributed by atoms with van der Waals surface area (Å²) in [5.41, 5.74) is 1.17. The van der Waals surface area contributed by atoms with Crippen molar-refractivity contribution in [3.05, 3.63) is 48.0 Å².